The van der Waals surface area contributed by atoms with Crippen molar-refractivity contribution < 1.29 is 19.1 Å². The standard InChI is InChI=1S/C22H22N2O4S/c1-3-27-17-6-4-5-16(11-17)21(26)24-22(29)23-19-12-15(8-7-14(19)2)20-10-9-18(13-25)28-20/h4-12,25H,3,13H2,1-2H3,(H2,23,24,26,29). The molecule has 2 aromatic carbocycles. The summed E-state index contributed by atoms with van der Waals surface area (Å²) in [4.78, 5) is 12.5. The number of hydrogen-bond donors (Lipinski definition) is 3. The van der Waals surface area contributed by atoms with Gasteiger partial charge in [0.1, 0.15) is 23.9 Å². The molecule has 0 aliphatic rings. The van der Waals surface area contributed by atoms with E-state index in [-0.39, 0.29) is 17.6 Å². The molecule has 1 heterocycles. The number of carbonyl (C=O) groups excluding carboxylic acids is 1. The van der Waals surface area contributed by atoms with Crippen molar-refractivity contribution in [2.75, 3.05) is 11.9 Å². The first-order valence-corrected chi connectivity index (χ1v) is 9.56. The molecular weight excluding hydrogens is 388 g/mol. The molecular formula is C22H22N2O4S. The molecule has 3 N–H and O–H groups in total. The third-order valence-corrected chi connectivity index (χ3v) is 4.43. The SMILES string of the molecule is CCOc1cccc(C(=O)NC(=S)Nc2cc(-c3ccc(CO)o3)ccc2C)c1. The molecule has 29 heavy (non-hydrogen) atoms. The number of hydrogen-bond acceptors (Lipinski definition) is 5. The normalized spacial score (nSPS) is 10.4. The smallest absolute Gasteiger partial charge is 0.257 e. The molecule has 0 radical (unpaired) electrons. The van der Waals surface area contributed by atoms with Gasteiger partial charge in [-0.3, -0.25) is 10.1 Å². The molecule has 7 heteroatoms. The largest absolute Gasteiger partial charge is 0.494 e. The molecule has 0 aliphatic heterocycles. The summed E-state index contributed by atoms with van der Waals surface area (Å²) in [6.07, 6.45) is 0. The number of thiocarbonyl (C=S) groups is 1. The maximum Gasteiger partial charge on any atom is 0.257 e. The van der Waals surface area contributed by atoms with E-state index in [0.29, 0.717) is 29.4 Å². The first-order chi connectivity index (χ1) is 14.0. The summed E-state index contributed by atoms with van der Waals surface area (Å²) in [6.45, 7) is 4.19. The van der Waals surface area contributed by atoms with E-state index in [1.807, 2.05) is 32.0 Å². The summed E-state index contributed by atoms with van der Waals surface area (Å²) in [6, 6.07) is 16.2. The highest BCUT2D eigenvalue weighted by Crippen LogP contribution is 2.27. The van der Waals surface area contributed by atoms with E-state index < -0.39 is 0 Å². The van der Waals surface area contributed by atoms with Gasteiger partial charge in [0.2, 0.25) is 0 Å². The van der Waals surface area contributed by atoms with Gasteiger partial charge >= 0.3 is 0 Å². The fourth-order valence-electron chi connectivity index (χ4n) is 2.75. The van der Waals surface area contributed by atoms with Crippen LogP contribution < -0.4 is 15.4 Å². The lowest BCUT2D eigenvalue weighted by Gasteiger charge is -2.13. The number of carbonyl (C=O) groups is 1. The number of furan rings is 1. The Balaban J connectivity index is 1.70. The first-order valence-electron chi connectivity index (χ1n) is 9.16. The van der Waals surface area contributed by atoms with Gasteiger partial charge in [0.15, 0.2) is 5.11 Å². The summed E-state index contributed by atoms with van der Waals surface area (Å²) in [7, 11) is 0. The van der Waals surface area contributed by atoms with Gasteiger partial charge in [-0.15, -0.1) is 0 Å². The number of nitrogens with one attached hydrogen (secondary N) is 2. The first kappa shape index (κ1) is 20.6. The predicted octanol–water partition coefficient (Wildman–Crippen LogP) is 4.27. The summed E-state index contributed by atoms with van der Waals surface area (Å²) < 4.78 is 11.0. The van der Waals surface area contributed by atoms with Crippen molar-refractivity contribution in [1.29, 1.82) is 0 Å². The number of aryl methyl sites for hydroxylation is 1. The Kier molecular flexibility index (Phi) is 6.64. The van der Waals surface area contributed by atoms with Gasteiger partial charge in [-0.2, -0.15) is 0 Å². The second kappa shape index (κ2) is 9.36. The van der Waals surface area contributed by atoms with Gasteiger partial charge in [0.05, 0.1) is 6.61 Å². The van der Waals surface area contributed by atoms with Crippen molar-refractivity contribution in [3.05, 3.63) is 71.5 Å². The minimum absolute atomic E-state index is 0.155. The van der Waals surface area contributed by atoms with Crippen LogP contribution in [0.2, 0.25) is 0 Å². The van der Waals surface area contributed by atoms with E-state index in [1.165, 1.54) is 0 Å². The van der Waals surface area contributed by atoms with Crippen LogP contribution in [0, 0.1) is 6.92 Å². The minimum Gasteiger partial charge on any atom is -0.494 e. The lowest BCUT2D eigenvalue weighted by Crippen LogP contribution is -2.34. The highest BCUT2D eigenvalue weighted by Gasteiger charge is 2.11. The van der Waals surface area contributed by atoms with Gasteiger partial charge in [-0.05, 0) is 68.0 Å². The minimum atomic E-state index is -0.323. The van der Waals surface area contributed by atoms with Crippen LogP contribution in [0.5, 0.6) is 5.75 Å². The van der Waals surface area contributed by atoms with Gasteiger partial charge in [-0.1, -0.05) is 18.2 Å². The third-order valence-electron chi connectivity index (χ3n) is 4.22. The van der Waals surface area contributed by atoms with E-state index >= 15 is 0 Å². The second-order valence-corrected chi connectivity index (χ2v) is 6.73. The lowest BCUT2D eigenvalue weighted by molar-refractivity contribution is 0.0977. The zero-order chi connectivity index (χ0) is 20.8. The van der Waals surface area contributed by atoms with E-state index in [2.05, 4.69) is 10.6 Å². The van der Waals surface area contributed by atoms with Crippen LogP contribution in [0.1, 0.15) is 28.6 Å². The average molecular weight is 410 g/mol. The van der Waals surface area contributed by atoms with Gasteiger partial charge in [0.25, 0.3) is 5.91 Å². The van der Waals surface area contributed by atoms with Crippen LogP contribution in [-0.2, 0) is 6.61 Å². The molecule has 3 rings (SSSR count). The fourth-order valence-corrected chi connectivity index (χ4v) is 2.95. The zero-order valence-electron chi connectivity index (χ0n) is 16.2. The number of aliphatic hydroxyl groups is 1. The fraction of sp³-hybridized carbons (Fsp3) is 0.182. The van der Waals surface area contributed by atoms with Gasteiger partial charge in [0, 0.05) is 16.8 Å². The Hall–Kier alpha value is -3.16. The number of aliphatic hydroxyl groups excluding tert-OH is 1. The Morgan fingerprint density at radius 1 is 1.17 bits per heavy atom. The molecule has 6 nitrogen and oxygen atoms in total. The Morgan fingerprint density at radius 3 is 2.72 bits per heavy atom. The summed E-state index contributed by atoms with van der Waals surface area (Å²) in [5, 5.41) is 15.1. The predicted molar refractivity (Wildman–Crippen MR) is 116 cm³/mol. The summed E-state index contributed by atoms with van der Waals surface area (Å²) in [5.74, 6) is 1.44. The van der Waals surface area contributed by atoms with Crippen LogP contribution in [-0.4, -0.2) is 22.7 Å². The van der Waals surface area contributed by atoms with Crippen molar-refractivity contribution >= 4 is 28.9 Å². The van der Waals surface area contributed by atoms with Crippen LogP contribution in [0.3, 0.4) is 0 Å². The van der Waals surface area contributed by atoms with Crippen molar-refractivity contribution in [1.82, 2.24) is 5.32 Å². The van der Waals surface area contributed by atoms with E-state index in [1.54, 1.807) is 36.4 Å². The van der Waals surface area contributed by atoms with Gasteiger partial charge < -0.3 is 19.6 Å². The summed E-state index contributed by atoms with van der Waals surface area (Å²) in [5.41, 5.74) is 2.99. The molecule has 0 atom stereocenters. The second-order valence-electron chi connectivity index (χ2n) is 6.32. The molecule has 0 spiro atoms. The number of anilines is 1. The molecule has 0 fully saturated rings. The Morgan fingerprint density at radius 2 is 2.00 bits per heavy atom. The zero-order valence-corrected chi connectivity index (χ0v) is 17.0. The van der Waals surface area contributed by atoms with E-state index in [9.17, 15) is 4.79 Å². The average Bonchev–Trinajstić information content (AvgIpc) is 3.19. The number of amides is 1. The quantitative estimate of drug-likeness (QED) is 0.526. The molecule has 0 bridgehead atoms. The number of rotatable bonds is 6. The monoisotopic (exact) mass is 410 g/mol. The van der Waals surface area contributed by atoms with Crippen LogP contribution in [0.25, 0.3) is 11.3 Å². The van der Waals surface area contributed by atoms with Crippen LogP contribution >= 0.6 is 12.2 Å². The third kappa shape index (κ3) is 5.22. The van der Waals surface area contributed by atoms with Crippen LogP contribution in [0.15, 0.2) is 59.0 Å². The van der Waals surface area contributed by atoms with Crippen molar-refractivity contribution in [2.45, 2.75) is 20.5 Å². The molecule has 0 aliphatic carbocycles. The molecule has 0 saturated heterocycles. The number of benzene rings is 2. The molecule has 1 aromatic heterocycles. The van der Waals surface area contributed by atoms with E-state index in [4.69, 9.17) is 26.5 Å². The maximum absolute atomic E-state index is 12.5. The van der Waals surface area contributed by atoms with Crippen molar-refractivity contribution in [2.24, 2.45) is 0 Å². The van der Waals surface area contributed by atoms with Crippen molar-refractivity contribution in [3.8, 4) is 17.1 Å². The number of ether oxygens (including phenoxy) is 1. The Bertz CT molecular complexity index is 1030. The molecule has 0 unspecified atom stereocenters. The lowest BCUT2D eigenvalue weighted by atomic mass is 10.1. The highest BCUT2D eigenvalue weighted by molar-refractivity contribution is 7.80. The maximum atomic E-state index is 12.5. The topological polar surface area (TPSA) is 83.7 Å². The van der Waals surface area contributed by atoms with Gasteiger partial charge in [-0.25, -0.2) is 0 Å². The molecule has 0 saturated carbocycles. The molecule has 150 valence electrons. The van der Waals surface area contributed by atoms with Crippen LogP contribution in [0.4, 0.5) is 5.69 Å². The van der Waals surface area contributed by atoms with E-state index in [0.717, 1.165) is 16.8 Å². The Labute approximate surface area is 174 Å². The molecule has 3 aromatic rings. The molecule has 1 amide bonds. The summed E-state index contributed by atoms with van der Waals surface area (Å²) >= 11 is 5.31. The van der Waals surface area contributed by atoms with Crippen molar-refractivity contribution in [3.63, 3.8) is 0 Å². The highest BCUT2D eigenvalue weighted by atomic mass is 32.1.